The number of esters is 1. The van der Waals surface area contributed by atoms with Gasteiger partial charge in [-0.3, -0.25) is 9.78 Å². The van der Waals surface area contributed by atoms with E-state index in [0.717, 1.165) is 29.7 Å². The Hall–Kier alpha value is -2.69. The Morgan fingerprint density at radius 1 is 1.10 bits per heavy atom. The van der Waals surface area contributed by atoms with E-state index in [0.29, 0.717) is 18.7 Å². The van der Waals surface area contributed by atoms with Crippen LogP contribution in [0.4, 0.5) is 0 Å². The summed E-state index contributed by atoms with van der Waals surface area (Å²) < 4.78 is 4.98. The minimum atomic E-state index is -0.369. The molecule has 1 unspecified atom stereocenters. The van der Waals surface area contributed by atoms with Crippen molar-refractivity contribution in [1.82, 2.24) is 10.3 Å². The van der Waals surface area contributed by atoms with Crippen molar-refractivity contribution in [2.24, 2.45) is 5.92 Å². The molecule has 0 aliphatic carbocycles. The molecule has 1 N–H and O–H groups in total. The maximum absolute atomic E-state index is 12.3. The third kappa shape index (κ3) is 7.33. The van der Waals surface area contributed by atoms with Gasteiger partial charge in [0.25, 0.3) is 0 Å². The largest absolute Gasteiger partial charge is 0.462 e. The Balaban J connectivity index is 1.92. The van der Waals surface area contributed by atoms with Gasteiger partial charge in [0, 0.05) is 24.2 Å². The molecule has 1 aromatic heterocycles. The number of hydrogen-bond acceptors (Lipinski definition) is 4. The zero-order valence-electron chi connectivity index (χ0n) is 17.7. The Morgan fingerprint density at radius 3 is 2.62 bits per heavy atom. The average Bonchev–Trinajstić information content (AvgIpc) is 2.75. The molecule has 1 amide bonds. The van der Waals surface area contributed by atoms with Gasteiger partial charge in [-0.2, -0.15) is 0 Å². The highest BCUT2D eigenvalue weighted by atomic mass is 16.5. The van der Waals surface area contributed by atoms with Gasteiger partial charge in [-0.1, -0.05) is 57.7 Å². The van der Waals surface area contributed by atoms with Crippen LogP contribution in [0.15, 0.2) is 42.6 Å². The Labute approximate surface area is 173 Å². The van der Waals surface area contributed by atoms with Crippen LogP contribution < -0.4 is 5.32 Å². The molecule has 1 atom stereocenters. The number of benzene rings is 1. The summed E-state index contributed by atoms with van der Waals surface area (Å²) in [6.07, 6.45) is 7.20. The summed E-state index contributed by atoms with van der Waals surface area (Å²) >= 11 is 0. The summed E-state index contributed by atoms with van der Waals surface area (Å²) in [6.45, 7) is 6.79. The van der Waals surface area contributed by atoms with Crippen molar-refractivity contribution >= 4 is 11.9 Å². The van der Waals surface area contributed by atoms with Crippen molar-refractivity contribution in [2.45, 2.75) is 59.4 Å². The van der Waals surface area contributed by atoms with Crippen molar-refractivity contribution in [1.29, 1.82) is 0 Å². The number of unbranched alkanes of at least 4 members (excludes halogenated alkanes) is 3. The molecule has 29 heavy (non-hydrogen) atoms. The van der Waals surface area contributed by atoms with Crippen LogP contribution in [0.1, 0.15) is 68.8 Å². The van der Waals surface area contributed by atoms with E-state index < -0.39 is 0 Å². The number of pyridine rings is 1. The molecule has 0 bridgehead atoms. The number of carbonyl (C=O) groups is 2. The smallest absolute Gasteiger partial charge is 0.339 e. The van der Waals surface area contributed by atoms with Crippen molar-refractivity contribution in [3.8, 4) is 11.3 Å². The molecule has 5 heteroatoms. The molecule has 5 nitrogen and oxygen atoms in total. The van der Waals surface area contributed by atoms with Gasteiger partial charge in [-0.05, 0) is 37.1 Å². The SMILES string of the molecule is CCCCCCC(C)C(=O)NCc1cccc(-c2ccc(C(=O)OCC)cn2)c1. The van der Waals surface area contributed by atoms with Crippen LogP contribution in [-0.4, -0.2) is 23.5 Å². The second kappa shape index (κ2) is 12.0. The normalized spacial score (nSPS) is 11.7. The second-order valence-electron chi connectivity index (χ2n) is 7.32. The number of amides is 1. The molecule has 2 rings (SSSR count). The van der Waals surface area contributed by atoms with Crippen LogP contribution in [0.5, 0.6) is 0 Å². The van der Waals surface area contributed by atoms with Gasteiger partial charge in [-0.25, -0.2) is 4.79 Å². The predicted molar refractivity (Wildman–Crippen MR) is 115 cm³/mol. The molecule has 1 aromatic carbocycles. The zero-order valence-corrected chi connectivity index (χ0v) is 17.7. The van der Waals surface area contributed by atoms with Crippen LogP contribution >= 0.6 is 0 Å². The summed E-state index contributed by atoms with van der Waals surface area (Å²) in [5, 5.41) is 3.04. The van der Waals surface area contributed by atoms with E-state index in [2.05, 4.69) is 17.2 Å². The van der Waals surface area contributed by atoms with Crippen LogP contribution in [0.2, 0.25) is 0 Å². The van der Waals surface area contributed by atoms with E-state index in [9.17, 15) is 9.59 Å². The highest BCUT2D eigenvalue weighted by Crippen LogP contribution is 2.19. The third-order valence-corrected chi connectivity index (χ3v) is 4.90. The molecule has 0 aliphatic rings. The van der Waals surface area contributed by atoms with E-state index >= 15 is 0 Å². The van der Waals surface area contributed by atoms with Crippen molar-refractivity contribution in [3.05, 3.63) is 53.7 Å². The first kappa shape index (κ1) is 22.6. The molecule has 156 valence electrons. The standard InChI is InChI=1S/C24H32N2O3/c1-4-6-7-8-10-18(3)23(27)26-16-19-11-9-12-20(15-19)22-14-13-21(17-25-22)24(28)29-5-2/h9,11-15,17-18H,4-8,10,16H2,1-3H3,(H,26,27). The Bertz CT molecular complexity index is 787. The second-order valence-corrected chi connectivity index (χ2v) is 7.32. The molecule has 0 spiro atoms. The third-order valence-electron chi connectivity index (χ3n) is 4.90. The molecular weight excluding hydrogens is 364 g/mol. The van der Waals surface area contributed by atoms with E-state index in [1.165, 1.54) is 25.5 Å². The molecule has 0 fully saturated rings. The van der Waals surface area contributed by atoms with Crippen molar-refractivity contribution in [3.63, 3.8) is 0 Å². The summed E-state index contributed by atoms with van der Waals surface area (Å²) in [7, 11) is 0. The molecule has 0 aliphatic heterocycles. The fraction of sp³-hybridized carbons (Fsp3) is 0.458. The lowest BCUT2D eigenvalue weighted by Gasteiger charge is -2.12. The molecular formula is C24H32N2O3. The van der Waals surface area contributed by atoms with Crippen molar-refractivity contribution < 1.29 is 14.3 Å². The lowest BCUT2D eigenvalue weighted by atomic mass is 10.0. The number of nitrogens with zero attached hydrogens (tertiary/aromatic N) is 1. The van der Waals surface area contributed by atoms with E-state index in [1.54, 1.807) is 13.0 Å². The summed E-state index contributed by atoms with van der Waals surface area (Å²) in [5.41, 5.74) is 3.17. The van der Waals surface area contributed by atoms with Gasteiger partial charge in [0.05, 0.1) is 17.9 Å². The highest BCUT2D eigenvalue weighted by molar-refractivity contribution is 5.89. The lowest BCUT2D eigenvalue weighted by Crippen LogP contribution is -2.28. The van der Waals surface area contributed by atoms with Crippen LogP contribution in [-0.2, 0) is 16.1 Å². The Morgan fingerprint density at radius 2 is 1.93 bits per heavy atom. The first-order valence-corrected chi connectivity index (χ1v) is 10.5. The van der Waals surface area contributed by atoms with Crippen LogP contribution in [0.25, 0.3) is 11.3 Å². The Kier molecular flexibility index (Phi) is 9.35. The maximum atomic E-state index is 12.3. The average molecular weight is 397 g/mol. The quantitative estimate of drug-likeness (QED) is 0.421. The number of rotatable bonds is 11. The van der Waals surface area contributed by atoms with Gasteiger partial charge in [0.15, 0.2) is 0 Å². The topological polar surface area (TPSA) is 68.3 Å². The lowest BCUT2D eigenvalue weighted by molar-refractivity contribution is -0.124. The zero-order chi connectivity index (χ0) is 21.1. The number of nitrogens with one attached hydrogen (secondary N) is 1. The molecule has 0 saturated carbocycles. The minimum absolute atomic E-state index is 0.0344. The summed E-state index contributed by atoms with van der Waals surface area (Å²) in [4.78, 5) is 28.4. The van der Waals surface area contributed by atoms with Crippen LogP contribution in [0.3, 0.4) is 0 Å². The minimum Gasteiger partial charge on any atom is -0.462 e. The fourth-order valence-electron chi connectivity index (χ4n) is 3.11. The monoisotopic (exact) mass is 396 g/mol. The van der Waals surface area contributed by atoms with Crippen LogP contribution in [0, 0.1) is 5.92 Å². The first-order valence-electron chi connectivity index (χ1n) is 10.5. The number of ether oxygens (including phenoxy) is 1. The highest BCUT2D eigenvalue weighted by Gasteiger charge is 2.12. The van der Waals surface area contributed by atoms with Gasteiger partial charge in [-0.15, -0.1) is 0 Å². The van der Waals surface area contributed by atoms with Gasteiger partial charge in [0.2, 0.25) is 5.91 Å². The molecule has 0 radical (unpaired) electrons. The first-order chi connectivity index (χ1) is 14.0. The van der Waals surface area contributed by atoms with E-state index in [4.69, 9.17) is 4.74 Å². The van der Waals surface area contributed by atoms with Gasteiger partial charge >= 0.3 is 5.97 Å². The van der Waals surface area contributed by atoms with E-state index in [1.807, 2.05) is 37.3 Å². The van der Waals surface area contributed by atoms with Gasteiger partial charge in [0.1, 0.15) is 0 Å². The van der Waals surface area contributed by atoms with E-state index in [-0.39, 0.29) is 17.8 Å². The van der Waals surface area contributed by atoms with Crippen molar-refractivity contribution in [2.75, 3.05) is 6.61 Å². The maximum Gasteiger partial charge on any atom is 0.339 e. The number of hydrogen-bond donors (Lipinski definition) is 1. The van der Waals surface area contributed by atoms with Gasteiger partial charge < -0.3 is 10.1 Å². The molecule has 2 aromatic rings. The number of aromatic nitrogens is 1. The molecule has 1 heterocycles. The summed E-state index contributed by atoms with van der Waals surface area (Å²) in [6, 6.07) is 11.4. The molecule has 0 saturated heterocycles. The predicted octanol–water partition coefficient (Wildman–Crippen LogP) is 5.15. The number of carbonyl (C=O) groups excluding carboxylic acids is 2. The summed E-state index contributed by atoms with van der Waals surface area (Å²) in [5.74, 6) is -0.234. The fourth-order valence-corrected chi connectivity index (χ4v) is 3.11.